The van der Waals surface area contributed by atoms with E-state index in [1.807, 2.05) is 0 Å². The molecule has 0 saturated heterocycles. The number of hydrogen-bond donors (Lipinski definition) is 1. The number of aromatic nitrogens is 2. The van der Waals surface area contributed by atoms with E-state index in [1.54, 1.807) is 19.5 Å². The maximum absolute atomic E-state index is 5.86. The predicted molar refractivity (Wildman–Crippen MR) is 53.2 cm³/mol. The third kappa shape index (κ3) is 1.70. The Morgan fingerprint density at radius 3 is 2.79 bits per heavy atom. The summed E-state index contributed by atoms with van der Waals surface area (Å²) in [6.07, 6.45) is 6.52. The van der Waals surface area contributed by atoms with Crippen LogP contribution in [0.25, 0.3) is 0 Å². The second-order valence-corrected chi connectivity index (χ2v) is 3.72. The summed E-state index contributed by atoms with van der Waals surface area (Å²) in [6.45, 7) is 0. The molecule has 14 heavy (non-hydrogen) atoms. The van der Waals surface area contributed by atoms with Crippen LogP contribution in [0.5, 0.6) is 5.88 Å². The van der Waals surface area contributed by atoms with Gasteiger partial charge in [0.05, 0.1) is 7.11 Å². The van der Waals surface area contributed by atoms with Gasteiger partial charge in [0.2, 0.25) is 5.88 Å². The minimum Gasteiger partial charge on any atom is -0.480 e. The van der Waals surface area contributed by atoms with E-state index < -0.39 is 0 Å². The van der Waals surface area contributed by atoms with Gasteiger partial charge in [0, 0.05) is 24.4 Å². The molecule has 76 valence electrons. The molecule has 0 amide bonds. The molecule has 1 heterocycles. The molecule has 2 N–H and O–H groups in total. The summed E-state index contributed by atoms with van der Waals surface area (Å²) in [6, 6.07) is 0.312. The van der Waals surface area contributed by atoms with Gasteiger partial charge in [-0.1, -0.05) is 0 Å². The number of methoxy groups -OCH3 is 1. The summed E-state index contributed by atoms with van der Waals surface area (Å²) in [5.74, 6) is 1.07. The average molecular weight is 193 g/mol. The number of ether oxygens (including phenoxy) is 1. The quantitative estimate of drug-likeness (QED) is 0.763. The van der Waals surface area contributed by atoms with Crippen LogP contribution in [0.1, 0.15) is 30.9 Å². The van der Waals surface area contributed by atoms with Crippen molar-refractivity contribution in [3.63, 3.8) is 0 Å². The van der Waals surface area contributed by atoms with Crippen molar-refractivity contribution in [3.05, 3.63) is 18.1 Å². The molecular formula is C10H15N3O. The molecule has 2 unspecified atom stereocenters. The lowest BCUT2D eigenvalue weighted by atomic mass is 10.0. The highest BCUT2D eigenvalue weighted by molar-refractivity contribution is 5.23. The van der Waals surface area contributed by atoms with E-state index in [9.17, 15) is 0 Å². The first-order valence-electron chi connectivity index (χ1n) is 4.91. The molecule has 0 radical (unpaired) electrons. The molecule has 1 aliphatic carbocycles. The first-order chi connectivity index (χ1) is 6.81. The molecule has 1 aromatic heterocycles. The Morgan fingerprint density at radius 2 is 2.14 bits per heavy atom. The summed E-state index contributed by atoms with van der Waals surface area (Å²) in [4.78, 5) is 8.46. The average Bonchev–Trinajstić information content (AvgIpc) is 2.65. The zero-order valence-corrected chi connectivity index (χ0v) is 8.31. The summed E-state index contributed by atoms with van der Waals surface area (Å²) in [7, 11) is 1.63. The molecule has 0 aliphatic heterocycles. The molecule has 4 heteroatoms. The van der Waals surface area contributed by atoms with Crippen molar-refractivity contribution < 1.29 is 4.74 Å². The molecule has 1 aromatic rings. The fourth-order valence-corrected chi connectivity index (χ4v) is 2.04. The Labute approximate surface area is 83.5 Å². The highest BCUT2D eigenvalue weighted by atomic mass is 16.5. The van der Waals surface area contributed by atoms with Crippen LogP contribution in [-0.4, -0.2) is 23.1 Å². The maximum Gasteiger partial charge on any atom is 0.235 e. The molecule has 1 saturated carbocycles. The van der Waals surface area contributed by atoms with E-state index in [0.717, 1.165) is 25.0 Å². The molecular weight excluding hydrogens is 178 g/mol. The predicted octanol–water partition coefficient (Wildman–Crippen LogP) is 1.08. The molecule has 1 fully saturated rings. The van der Waals surface area contributed by atoms with E-state index in [-0.39, 0.29) is 0 Å². The fourth-order valence-electron chi connectivity index (χ4n) is 2.04. The van der Waals surface area contributed by atoms with Crippen molar-refractivity contribution >= 4 is 0 Å². The van der Waals surface area contributed by atoms with Crippen LogP contribution in [0.2, 0.25) is 0 Å². The summed E-state index contributed by atoms with van der Waals surface area (Å²) < 4.78 is 5.18. The lowest BCUT2D eigenvalue weighted by Crippen LogP contribution is -2.14. The zero-order valence-electron chi connectivity index (χ0n) is 8.31. The highest BCUT2D eigenvalue weighted by Gasteiger charge is 2.27. The molecule has 0 spiro atoms. The zero-order chi connectivity index (χ0) is 9.97. The SMILES string of the molecule is COc1nccnc1C1CCC(N)C1. The van der Waals surface area contributed by atoms with Crippen molar-refractivity contribution in [1.82, 2.24) is 9.97 Å². The number of rotatable bonds is 2. The Balaban J connectivity index is 2.22. The van der Waals surface area contributed by atoms with Crippen LogP contribution in [0.4, 0.5) is 0 Å². The minimum atomic E-state index is 0.312. The van der Waals surface area contributed by atoms with E-state index in [4.69, 9.17) is 10.5 Å². The maximum atomic E-state index is 5.86. The number of nitrogens with zero attached hydrogens (tertiary/aromatic N) is 2. The van der Waals surface area contributed by atoms with Crippen LogP contribution >= 0.6 is 0 Å². The largest absolute Gasteiger partial charge is 0.480 e. The normalized spacial score (nSPS) is 26.4. The molecule has 4 nitrogen and oxygen atoms in total. The van der Waals surface area contributed by atoms with Crippen LogP contribution in [0, 0.1) is 0 Å². The van der Waals surface area contributed by atoms with Crippen LogP contribution in [-0.2, 0) is 0 Å². The number of nitrogens with two attached hydrogens (primary N) is 1. The Morgan fingerprint density at radius 1 is 1.36 bits per heavy atom. The van der Waals surface area contributed by atoms with Gasteiger partial charge in [-0.3, -0.25) is 4.98 Å². The van der Waals surface area contributed by atoms with Gasteiger partial charge in [-0.2, -0.15) is 0 Å². The first kappa shape index (κ1) is 9.40. The monoisotopic (exact) mass is 193 g/mol. The Hall–Kier alpha value is -1.16. The molecule has 0 bridgehead atoms. The second kappa shape index (κ2) is 3.92. The van der Waals surface area contributed by atoms with E-state index >= 15 is 0 Å². The van der Waals surface area contributed by atoms with Gasteiger partial charge >= 0.3 is 0 Å². The molecule has 2 atom stereocenters. The summed E-state index contributed by atoms with van der Waals surface area (Å²) in [5, 5.41) is 0. The molecule has 2 rings (SSSR count). The topological polar surface area (TPSA) is 61.0 Å². The summed E-state index contributed by atoms with van der Waals surface area (Å²) in [5.41, 5.74) is 6.83. The third-order valence-electron chi connectivity index (χ3n) is 2.74. The van der Waals surface area contributed by atoms with Crippen molar-refractivity contribution in [3.8, 4) is 5.88 Å². The van der Waals surface area contributed by atoms with E-state index in [1.165, 1.54) is 0 Å². The van der Waals surface area contributed by atoms with Gasteiger partial charge in [-0.05, 0) is 19.3 Å². The van der Waals surface area contributed by atoms with Crippen LogP contribution < -0.4 is 10.5 Å². The second-order valence-electron chi connectivity index (χ2n) is 3.72. The van der Waals surface area contributed by atoms with Crippen molar-refractivity contribution in [2.75, 3.05) is 7.11 Å². The Kier molecular flexibility index (Phi) is 2.63. The lowest BCUT2D eigenvalue weighted by molar-refractivity contribution is 0.384. The smallest absolute Gasteiger partial charge is 0.235 e. The minimum absolute atomic E-state index is 0.312. The third-order valence-corrected chi connectivity index (χ3v) is 2.74. The molecule has 0 aromatic carbocycles. The fraction of sp³-hybridized carbons (Fsp3) is 0.600. The van der Waals surface area contributed by atoms with Crippen LogP contribution in [0.15, 0.2) is 12.4 Å². The number of hydrogen-bond acceptors (Lipinski definition) is 4. The van der Waals surface area contributed by atoms with Gasteiger partial charge in [0.25, 0.3) is 0 Å². The summed E-state index contributed by atoms with van der Waals surface area (Å²) >= 11 is 0. The van der Waals surface area contributed by atoms with Gasteiger partial charge in [-0.15, -0.1) is 0 Å². The standard InChI is InChI=1S/C10H15N3O/c1-14-10-9(12-4-5-13-10)7-2-3-8(11)6-7/h4-5,7-8H,2-3,6,11H2,1H3. The van der Waals surface area contributed by atoms with Gasteiger partial charge in [-0.25, -0.2) is 4.98 Å². The van der Waals surface area contributed by atoms with Gasteiger partial charge in [0.1, 0.15) is 5.69 Å². The molecule has 1 aliphatic rings. The van der Waals surface area contributed by atoms with E-state index in [2.05, 4.69) is 9.97 Å². The Bertz CT molecular complexity index is 316. The van der Waals surface area contributed by atoms with Crippen LogP contribution in [0.3, 0.4) is 0 Å². The van der Waals surface area contributed by atoms with Gasteiger partial charge in [0.15, 0.2) is 0 Å². The van der Waals surface area contributed by atoms with E-state index in [0.29, 0.717) is 17.8 Å². The van der Waals surface area contributed by atoms with Crippen molar-refractivity contribution in [1.29, 1.82) is 0 Å². The van der Waals surface area contributed by atoms with Gasteiger partial charge < -0.3 is 10.5 Å². The first-order valence-corrected chi connectivity index (χ1v) is 4.91. The van der Waals surface area contributed by atoms with Crippen molar-refractivity contribution in [2.45, 2.75) is 31.2 Å². The highest BCUT2D eigenvalue weighted by Crippen LogP contribution is 2.35. The van der Waals surface area contributed by atoms with Crippen molar-refractivity contribution in [2.24, 2.45) is 5.73 Å². The lowest BCUT2D eigenvalue weighted by Gasteiger charge is -2.11.